The highest BCUT2D eigenvalue weighted by atomic mass is 35.5. The number of hydrogen-bond acceptors (Lipinski definition) is 3. The molecule has 1 unspecified atom stereocenters. The van der Waals surface area contributed by atoms with E-state index in [9.17, 15) is 4.79 Å². The third-order valence-electron chi connectivity index (χ3n) is 2.94. The number of anilines is 2. The molecule has 1 amide bonds. The van der Waals surface area contributed by atoms with Crippen LogP contribution in [-0.2, 0) is 4.79 Å². The van der Waals surface area contributed by atoms with Crippen molar-refractivity contribution in [2.75, 3.05) is 11.1 Å². The zero-order valence-corrected chi connectivity index (χ0v) is 11.6. The molecule has 1 aromatic carbocycles. The summed E-state index contributed by atoms with van der Waals surface area (Å²) in [5.41, 5.74) is 7.04. The number of carbonyl (C=O) groups is 1. The molecule has 1 heterocycles. The quantitative estimate of drug-likeness (QED) is 0.852. The van der Waals surface area contributed by atoms with Crippen LogP contribution >= 0.6 is 11.6 Å². The summed E-state index contributed by atoms with van der Waals surface area (Å²) in [6.45, 7) is 1.71. The van der Waals surface area contributed by atoms with E-state index in [1.165, 1.54) is 0 Å². The standard InChI is InChI=1S/C14H13ClN4O/c1-9(19-6-2-3-11(19)8-16)14(20)18-13-5-4-10(17)7-12(13)15/h2-7,9H,17H2,1H3,(H,18,20). The normalized spacial score (nSPS) is 11.7. The lowest BCUT2D eigenvalue weighted by Gasteiger charge is -2.15. The van der Waals surface area contributed by atoms with Crippen LogP contribution in [0.25, 0.3) is 0 Å². The monoisotopic (exact) mass is 288 g/mol. The van der Waals surface area contributed by atoms with Gasteiger partial charge in [0.05, 0.1) is 10.7 Å². The van der Waals surface area contributed by atoms with Gasteiger partial charge >= 0.3 is 0 Å². The Balaban J connectivity index is 2.18. The molecule has 6 heteroatoms. The number of nitrogens with one attached hydrogen (secondary N) is 1. The Morgan fingerprint density at radius 1 is 1.50 bits per heavy atom. The lowest BCUT2D eigenvalue weighted by molar-refractivity contribution is -0.118. The topological polar surface area (TPSA) is 83.8 Å². The fraction of sp³-hybridized carbons (Fsp3) is 0.143. The van der Waals surface area contributed by atoms with Crippen LogP contribution in [0.5, 0.6) is 0 Å². The number of aromatic nitrogens is 1. The van der Waals surface area contributed by atoms with Crippen molar-refractivity contribution >= 4 is 28.9 Å². The Morgan fingerprint density at radius 3 is 2.90 bits per heavy atom. The second-order valence-electron chi connectivity index (χ2n) is 4.32. The Kier molecular flexibility index (Phi) is 3.97. The number of hydrogen-bond donors (Lipinski definition) is 2. The Morgan fingerprint density at radius 2 is 2.25 bits per heavy atom. The molecule has 1 atom stereocenters. The van der Waals surface area contributed by atoms with Crippen molar-refractivity contribution in [3.8, 4) is 6.07 Å². The van der Waals surface area contributed by atoms with Crippen LogP contribution in [0.4, 0.5) is 11.4 Å². The Hall–Kier alpha value is -2.45. The minimum atomic E-state index is -0.520. The highest BCUT2D eigenvalue weighted by Crippen LogP contribution is 2.25. The summed E-state index contributed by atoms with van der Waals surface area (Å²) < 4.78 is 1.60. The molecule has 0 fully saturated rings. The van der Waals surface area contributed by atoms with Gasteiger partial charge in [0, 0.05) is 11.9 Å². The number of nitrogens with zero attached hydrogens (tertiary/aromatic N) is 2. The van der Waals surface area contributed by atoms with E-state index in [1.807, 2.05) is 6.07 Å². The van der Waals surface area contributed by atoms with E-state index in [4.69, 9.17) is 22.6 Å². The molecular formula is C14H13ClN4O. The molecule has 0 radical (unpaired) electrons. The number of rotatable bonds is 3. The van der Waals surface area contributed by atoms with Crippen molar-refractivity contribution in [2.24, 2.45) is 0 Å². The number of nitrogens with two attached hydrogens (primary N) is 1. The van der Waals surface area contributed by atoms with Crippen molar-refractivity contribution in [1.29, 1.82) is 5.26 Å². The maximum absolute atomic E-state index is 12.2. The first kappa shape index (κ1) is 14.0. The van der Waals surface area contributed by atoms with Crippen molar-refractivity contribution < 1.29 is 4.79 Å². The predicted molar refractivity (Wildman–Crippen MR) is 78.4 cm³/mol. The second kappa shape index (κ2) is 5.68. The number of nitrogen functional groups attached to an aromatic ring is 1. The maximum atomic E-state index is 12.2. The number of halogens is 1. The zero-order chi connectivity index (χ0) is 14.7. The van der Waals surface area contributed by atoms with Gasteiger partial charge in [-0.3, -0.25) is 4.79 Å². The lowest BCUT2D eigenvalue weighted by atomic mass is 10.2. The SMILES string of the molecule is CC(C(=O)Nc1ccc(N)cc1Cl)n1cccc1C#N. The minimum absolute atomic E-state index is 0.260. The number of benzene rings is 1. The van der Waals surface area contributed by atoms with Crippen LogP contribution in [0.15, 0.2) is 36.5 Å². The molecule has 3 N–H and O–H groups in total. The first-order chi connectivity index (χ1) is 9.52. The summed E-state index contributed by atoms with van der Waals surface area (Å²) in [4.78, 5) is 12.2. The van der Waals surface area contributed by atoms with Crippen molar-refractivity contribution in [2.45, 2.75) is 13.0 Å². The molecule has 1 aromatic heterocycles. The summed E-state index contributed by atoms with van der Waals surface area (Å²) in [5.74, 6) is -0.260. The average molecular weight is 289 g/mol. The number of nitriles is 1. The van der Waals surface area contributed by atoms with Crippen molar-refractivity contribution in [3.05, 3.63) is 47.2 Å². The van der Waals surface area contributed by atoms with Gasteiger partial charge in [0.15, 0.2) is 0 Å². The van der Waals surface area contributed by atoms with E-state index >= 15 is 0 Å². The van der Waals surface area contributed by atoms with Crippen LogP contribution < -0.4 is 11.1 Å². The molecule has 0 bridgehead atoms. The largest absolute Gasteiger partial charge is 0.399 e. The molecule has 0 aliphatic rings. The molecule has 0 aliphatic heterocycles. The van der Waals surface area contributed by atoms with Gasteiger partial charge in [-0.05, 0) is 37.3 Å². The van der Waals surface area contributed by atoms with Crippen LogP contribution in [0.1, 0.15) is 18.7 Å². The molecule has 0 spiro atoms. The van der Waals surface area contributed by atoms with Gasteiger partial charge in [-0.15, -0.1) is 0 Å². The average Bonchev–Trinajstić information content (AvgIpc) is 2.89. The van der Waals surface area contributed by atoms with E-state index in [-0.39, 0.29) is 5.91 Å². The van der Waals surface area contributed by atoms with E-state index < -0.39 is 6.04 Å². The third-order valence-corrected chi connectivity index (χ3v) is 3.25. The maximum Gasteiger partial charge on any atom is 0.247 e. The molecule has 0 saturated carbocycles. The van der Waals surface area contributed by atoms with E-state index in [2.05, 4.69) is 5.32 Å². The Bertz CT molecular complexity index is 687. The lowest BCUT2D eigenvalue weighted by Crippen LogP contribution is -2.24. The summed E-state index contributed by atoms with van der Waals surface area (Å²) in [7, 11) is 0. The van der Waals surface area contributed by atoms with E-state index in [0.29, 0.717) is 22.1 Å². The molecule has 20 heavy (non-hydrogen) atoms. The van der Waals surface area contributed by atoms with Crippen LogP contribution in [0.3, 0.4) is 0 Å². The van der Waals surface area contributed by atoms with Crippen LogP contribution in [-0.4, -0.2) is 10.5 Å². The highest BCUT2D eigenvalue weighted by Gasteiger charge is 2.17. The third kappa shape index (κ3) is 2.76. The molecule has 0 aliphatic carbocycles. The summed E-state index contributed by atoms with van der Waals surface area (Å²) in [6.07, 6.45) is 1.69. The van der Waals surface area contributed by atoms with Gasteiger partial charge in [0.25, 0.3) is 0 Å². The summed E-state index contributed by atoms with van der Waals surface area (Å²) in [5, 5.41) is 12.1. The van der Waals surface area contributed by atoms with E-state index in [1.54, 1.807) is 48.0 Å². The second-order valence-corrected chi connectivity index (χ2v) is 4.72. The van der Waals surface area contributed by atoms with Gasteiger partial charge in [0.1, 0.15) is 17.8 Å². The van der Waals surface area contributed by atoms with Gasteiger partial charge in [0.2, 0.25) is 5.91 Å². The first-order valence-corrected chi connectivity index (χ1v) is 6.33. The van der Waals surface area contributed by atoms with Gasteiger partial charge < -0.3 is 15.6 Å². The minimum Gasteiger partial charge on any atom is -0.399 e. The Labute approximate surface area is 121 Å². The summed E-state index contributed by atoms with van der Waals surface area (Å²) in [6, 6.07) is 9.75. The summed E-state index contributed by atoms with van der Waals surface area (Å²) >= 11 is 6.01. The molecule has 2 aromatic rings. The molecule has 0 saturated heterocycles. The van der Waals surface area contributed by atoms with Crippen molar-refractivity contribution in [1.82, 2.24) is 4.57 Å². The highest BCUT2D eigenvalue weighted by molar-refractivity contribution is 6.34. The van der Waals surface area contributed by atoms with Crippen LogP contribution in [0, 0.1) is 11.3 Å². The van der Waals surface area contributed by atoms with Crippen molar-refractivity contribution in [3.63, 3.8) is 0 Å². The molecule has 2 rings (SSSR count). The predicted octanol–water partition coefficient (Wildman–Crippen LogP) is 2.80. The van der Waals surface area contributed by atoms with Gasteiger partial charge in [-0.2, -0.15) is 5.26 Å². The van der Waals surface area contributed by atoms with Gasteiger partial charge in [-0.1, -0.05) is 11.6 Å². The number of carbonyl (C=O) groups excluding carboxylic acids is 1. The molecular weight excluding hydrogens is 276 g/mol. The first-order valence-electron chi connectivity index (χ1n) is 5.95. The molecule has 102 valence electrons. The fourth-order valence-corrected chi connectivity index (χ4v) is 2.06. The van der Waals surface area contributed by atoms with E-state index in [0.717, 1.165) is 0 Å². The zero-order valence-electron chi connectivity index (χ0n) is 10.8. The van der Waals surface area contributed by atoms with Gasteiger partial charge in [-0.25, -0.2) is 0 Å². The number of amides is 1. The van der Waals surface area contributed by atoms with Crippen LogP contribution in [0.2, 0.25) is 5.02 Å². The smallest absolute Gasteiger partial charge is 0.247 e. The molecule has 5 nitrogen and oxygen atoms in total. The fourth-order valence-electron chi connectivity index (χ4n) is 1.82.